The molecule has 1 heterocycles. The van der Waals surface area contributed by atoms with E-state index >= 15 is 0 Å². The van der Waals surface area contributed by atoms with Crippen LogP contribution in [0.4, 0.5) is 4.79 Å². The first-order valence-corrected chi connectivity index (χ1v) is 10.8. The van der Waals surface area contributed by atoms with Crippen molar-refractivity contribution in [2.45, 2.75) is 122 Å². The lowest BCUT2D eigenvalue weighted by Crippen LogP contribution is -2.25. The fourth-order valence-corrected chi connectivity index (χ4v) is 3.32. The molecule has 0 aromatic carbocycles. The van der Waals surface area contributed by atoms with Crippen LogP contribution in [0.2, 0.25) is 0 Å². The Labute approximate surface area is 155 Å². The van der Waals surface area contributed by atoms with Gasteiger partial charge in [0.2, 0.25) is 0 Å². The standard InChI is InChI=1S/C21H40NO3/c1-3-4-5-6-7-8-9-10-11-12-13-14-16-19(2)24-21(23)25-20-17-15-18-22-20/h19-20H,3-18H2,1-2H3. The van der Waals surface area contributed by atoms with E-state index in [1.54, 1.807) is 0 Å². The second-order valence-electron chi connectivity index (χ2n) is 7.48. The van der Waals surface area contributed by atoms with Crippen molar-refractivity contribution in [3.05, 3.63) is 0 Å². The van der Waals surface area contributed by atoms with Gasteiger partial charge in [-0.2, -0.15) is 0 Å². The number of ether oxygens (including phenoxy) is 2. The Morgan fingerprint density at radius 3 is 2.04 bits per heavy atom. The fourth-order valence-electron chi connectivity index (χ4n) is 3.32. The van der Waals surface area contributed by atoms with Crippen LogP contribution in [0, 0.1) is 0 Å². The average Bonchev–Trinajstić information content (AvgIpc) is 3.08. The molecule has 1 radical (unpaired) electrons. The van der Waals surface area contributed by atoms with E-state index in [1.807, 2.05) is 6.92 Å². The first kappa shape index (κ1) is 22.3. The minimum atomic E-state index is -0.554. The molecular formula is C21H40NO3. The molecule has 1 aliphatic rings. The fraction of sp³-hybridized carbons (Fsp3) is 0.952. The molecule has 1 fully saturated rings. The molecule has 1 saturated heterocycles. The van der Waals surface area contributed by atoms with Crippen LogP contribution < -0.4 is 5.32 Å². The second-order valence-corrected chi connectivity index (χ2v) is 7.48. The summed E-state index contributed by atoms with van der Waals surface area (Å²) in [7, 11) is 0. The lowest BCUT2D eigenvalue weighted by molar-refractivity contribution is -0.00420. The zero-order chi connectivity index (χ0) is 18.2. The Morgan fingerprint density at radius 2 is 1.52 bits per heavy atom. The van der Waals surface area contributed by atoms with Gasteiger partial charge in [0.25, 0.3) is 0 Å². The van der Waals surface area contributed by atoms with Gasteiger partial charge in [0, 0.05) is 13.0 Å². The Bertz CT molecular complexity index is 316. The summed E-state index contributed by atoms with van der Waals surface area (Å²) < 4.78 is 10.5. The van der Waals surface area contributed by atoms with Crippen LogP contribution in [-0.4, -0.2) is 25.0 Å². The number of unbranched alkanes of at least 4 members (excludes halogenated alkanes) is 11. The molecule has 0 aromatic heterocycles. The Balaban J connectivity index is 1.81. The number of hydrogen-bond donors (Lipinski definition) is 0. The lowest BCUT2D eigenvalue weighted by atomic mass is 10.0. The van der Waals surface area contributed by atoms with E-state index < -0.39 is 6.16 Å². The summed E-state index contributed by atoms with van der Waals surface area (Å²) in [6.45, 7) is 5.02. The molecule has 0 spiro atoms. The summed E-state index contributed by atoms with van der Waals surface area (Å²) in [6, 6.07) is 0. The molecule has 0 bridgehead atoms. The zero-order valence-electron chi connectivity index (χ0n) is 16.6. The van der Waals surface area contributed by atoms with Gasteiger partial charge in [-0.25, -0.2) is 10.1 Å². The maximum Gasteiger partial charge on any atom is 0.510 e. The molecule has 0 aliphatic carbocycles. The predicted octanol–water partition coefficient (Wildman–Crippen LogP) is 6.34. The minimum absolute atomic E-state index is 0.0583. The maximum absolute atomic E-state index is 11.6. The molecular weight excluding hydrogens is 314 g/mol. The van der Waals surface area contributed by atoms with Crippen molar-refractivity contribution in [1.29, 1.82) is 0 Å². The third-order valence-electron chi connectivity index (χ3n) is 4.94. The van der Waals surface area contributed by atoms with Crippen LogP contribution in [0.3, 0.4) is 0 Å². The second kappa shape index (κ2) is 15.5. The number of rotatable bonds is 15. The third-order valence-corrected chi connectivity index (χ3v) is 4.94. The van der Waals surface area contributed by atoms with Crippen LogP contribution in [0.5, 0.6) is 0 Å². The molecule has 0 saturated carbocycles. The van der Waals surface area contributed by atoms with E-state index in [-0.39, 0.29) is 12.3 Å². The number of nitrogens with zero attached hydrogens (tertiary/aromatic N) is 1. The van der Waals surface area contributed by atoms with Crippen molar-refractivity contribution in [3.63, 3.8) is 0 Å². The van der Waals surface area contributed by atoms with E-state index in [0.717, 1.165) is 32.2 Å². The van der Waals surface area contributed by atoms with Gasteiger partial charge >= 0.3 is 6.16 Å². The highest BCUT2D eigenvalue weighted by Gasteiger charge is 2.21. The highest BCUT2D eigenvalue weighted by molar-refractivity contribution is 5.60. The monoisotopic (exact) mass is 354 g/mol. The first-order chi connectivity index (χ1) is 12.2. The normalized spacial score (nSPS) is 18.2. The molecule has 1 aliphatic heterocycles. The van der Waals surface area contributed by atoms with Crippen molar-refractivity contribution in [2.75, 3.05) is 6.54 Å². The Morgan fingerprint density at radius 1 is 0.960 bits per heavy atom. The summed E-state index contributed by atoms with van der Waals surface area (Å²) in [6.07, 6.45) is 18.0. The van der Waals surface area contributed by atoms with Crippen molar-refractivity contribution >= 4 is 6.16 Å². The molecule has 147 valence electrons. The molecule has 0 N–H and O–H groups in total. The van der Waals surface area contributed by atoms with Crippen LogP contribution in [0.15, 0.2) is 0 Å². The van der Waals surface area contributed by atoms with Gasteiger partial charge in [0.1, 0.15) is 6.10 Å². The molecule has 0 aromatic rings. The molecule has 4 nitrogen and oxygen atoms in total. The summed E-state index contributed by atoms with van der Waals surface area (Å²) in [5.41, 5.74) is 0. The molecule has 25 heavy (non-hydrogen) atoms. The Kier molecular flexibility index (Phi) is 13.8. The lowest BCUT2D eigenvalue weighted by Gasteiger charge is -2.15. The van der Waals surface area contributed by atoms with E-state index in [2.05, 4.69) is 12.2 Å². The number of carbonyl (C=O) groups excluding carboxylic acids is 1. The van der Waals surface area contributed by atoms with Gasteiger partial charge in [-0.1, -0.05) is 77.6 Å². The summed E-state index contributed by atoms with van der Waals surface area (Å²) >= 11 is 0. The Hall–Kier alpha value is -0.770. The van der Waals surface area contributed by atoms with Gasteiger partial charge in [-0.15, -0.1) is 0 Å². The molecule has 1 rings (SSSR count). The number of hydrogen-bond acceptors (Lipinski definition) is 3. The largest absolute Gasteiger partial charge is 0.510 e. The average molecular weight is 355 g/mol. The summed E-state index contributed by atoms with van der Waals surface area (Å²) in [5, 5.41) is 4.20. The van der Waals surface area contributed by atoms with Gasteiger partial charge in [0.05, 0.1) is 0 Å². The SMILES string of the molecule is CCCCCCCCCCCCCCC(C)OC(=O)OC1CCC[N]1. The minimum Gasteiger partial charge on any atom is -0.431 e. The van der Waals surface area contributed by atoms with Gasteiger partial charge in [-0.05, 0) is 26.2 Å². The van der Waals surface area contributed by atoms with E-state index in [0.29, 0.717) is 0 Å². The highest BCUT2D eigenvalue weighted by atomic mass is 16.7. The van der Waals surface area contributed by atoms with Crippen molar-refractivity contribution in [3.8, 4) is 0 Å². The van der Waals surface area contributed by atoms with Crippen LogP contribution in [-0.2, 0) is 9.47 Å². The van der Waals surface area contributed by atoms with Gasteiger partial charge < -0.3 is 9.47 Å². The van der Waals surface area contributed by atoms with Crippen LogP contribution in [0.1, 0.15) is 110 Å². The molecule has 4 heteroatoms. The van der Waals surface area contributed by atoms with E-state index in [4.69, 9.17) is 9.47 Å². The van der Waals surface area contributed by atoms with Gasteiger partial charge in [-0.3, -0.25) is 0 Å². The first-order valence-electron chi connectivity index (χ1n) is 10.8. The third kappa shape index (κ3) is 13.1. The van der Waals surface area contributed by atoms with Crippen molar-refractivity contribution in [1.82, 2.24) is 5.32 Å². The van der Waals surface area contributed by atoms with Crippen molar-refractivity contribution in [2.24, 2.45) is 0 Å². The predicted molar refractivity (Wildman–Crippen MR) is 103 cm³/mol. The highest BCUT2D eigenvalue weighted by Crippen LogP contribution is 2.14. The van der Waals surface area contributed by atoms with Crippen LogP contribution >= 0.6 is 0 Å². The summed E-state index contributed by atoms with van der Waals surface area (Å²) in [5.74, 6) is 0. The zero-order valence-corrected chi connectivity index (χ0v) is 16.6. The number of carbonyl (C=O) groups is 1. The topological polar surface area (TPSA) is 49.6 Å². The molecule has 0 amide bonds. The van der Waals surface area contributed by atoms with E-state index in [1.165, 1.54) is 70.6 Å². The maximum atomic E-state index is 11.6. The summed E-state index contributed by atoms with van der Waals surface area (Å²) in [4.78, 5) is 11.6. The molecule has 2 atom stereocenters. The molecule has 2 unspecified atom stereocenters. The smallest absolute Gasteiger partial charge is 0.431 e. The van der Waals surface area contributed by atoms with Crippen molar-refractivity contribution < 1.29 is 14.3 Å². The van der Waals surface area contributed by atoms with Gasteiger partial charge in [0.15, 0.2) is 6.23 Å². The quantitative estimate of drug-likeness (QED) is 0.254. The van der Waals surface area contributed by atoms with E-state index in [9.17, 15) is 4.79 Å². The van der Waals surface area contributed by atoms with Crippen LogP contribution in [0.25, 0.3) is 0 Å².